The Bertz CT molecular complexity index is 387. The SMILES string of the molecule is CN(C)CCCc1cccc2c1CCCCC2O. The Morgan fingerprint density at radius 3 is 2.89 bits per heavy atom. The van der Waals surface area contributed by atoms with E-state index in [-0.39, 0.29) is 6.10 Å². The number of rotatable bonds is 4. The zero-order chi connectivity index (χ0) is 13.0. The molecule has 1 aliphatic carbocycles. The third-order valence-electron chi connectivity index (χ3n) is 3.87. The van der Waals surface area contributed by atoms with Gasteiger partial charge in [0.15, 0.2) is 0 Å². The highest BCUT2D eigenvalue weighted by atomic mass is 16.3. The van der Waals surface area contributed by atoms with Crippen LogP contribution in [0, 0.1) is 0 Å². The van der Waals surface area contributed by atoms with E-state index in [1.165, 1.54) is 29.5 Å². The number of nitrogens with zero attached hydrogens (tertiary/aromatic N) is 1. The first-order valence-electron chi connectivity index (χ1n) is 7.12. The van der Waals surface area contributed by atoms with Crippen LogP contribution in [0.4, 0.5) is 0 Å². The minimum atomic E-state index is -0.240. The zero-order valence-electron chi connectivity index (χ0n) is 11.7. The number of aryl methyl sites for hydroxylation is 1. The standard InChI is InChI=1S/C16H25NO/c1-17(2)12-6-8-13-7-5-10-15-14(13)9-3-4-11-16(15)18/h5,7,10,16,18H,3-4,6,8-9,11-12H2,1-2H3. The maximum absolute atomic E-state index is 10.2. The van der Waals surface area contributed by atoms with Crippen molar-refractivity contribution < 1.29 is 5.11 Å². The molecule has 1 N–H and O–H groups in total. The summed E-state index contributed by atoms with van der Waals surface area (Å²) in [5.41, 5.74) is 4.08. The van der Waals surface area contributed by atoms with E-state index in [9.17, 15) is 5.11 Å². The van der Waals surface area contributed by atoms with E-state index in [0.717, 1.165) is 32.2 Å². The van der Waals surface area contributed by atoms with Crippen molar-refractivity contribution in [2.45, 2.75) is 44.6 Å². The van der Waals surface area contributed by atoms with Crippen molar-refractivity contribution in [1.82, 2.24) is 4.90 Å². The van der Waals surface area contributed by atoms with Crippen LogP contribution in [0.2, 0.25) is 0 Å². The molecule has 0 bridgehead atoms. The highest BCUT2D eigenvalue weighted by Crippen LogP contribution is 2.31. The van der Waals surface area contributed by atoms with Crippen molar-refractivity contribution in [1.29, 1.82) is 0 Å². The summed E-state index contributed by atoms with van der Waals surface area (Å²) < 4.78 is 0. The molecule has 1 aromatic carbocycles. The summed E-state index contributed by atoms with van der Waals surface area (Å²) in [4.78, 5) is 2.23. The van der Waals surface area contributed by atoms with Gasteiger partial charge in [0.2, 0.25) is 0 Å². The largest absolute Gasteiger partial charge is 0.388 e. The Morgan fingerprint density at radius 2 is 2.11 bits per heavy atom. The second kappa shape index (κ2) is 6.35. The van der Waals surface area contributed by atoms with Crippen molar-refractivity contribution >= 4 is 0 Å². The van der Waals surface area contributed by atoms with Gasteiger partial charge in [0.25, 0.3) is 0 Å². The number of benzene rings is 1. The third kappa shape index (κ3) is 3.33. The number of aliphatic hydroxyl groups is 1. The molecule has 1 aliphatic rings. The summed E-state index contributed by atoms with van der Waals surface area (Å²) >= 11 is 0. The lowest BCUT2D eigenvalue weighted by Gasteiger charge is -2.16. The van der Waals surface area contributed by atoms with Gasteiger partial charge in [-0.25, -0.2) is 0 Å². The highest BCUT2D eigenvalue weighted by Gasteiger charge is 2.18. The van der Waals surface area contributed by atoms with Crippen molar-refractivity contribution in [3.63, 3.8) is 0 Å². The number of hydrogen-bond donors (Lipinski definition) is 1. The maximum Gasteiger partial charge on any atom is 0.0792 e. The van der Waals surface area contributed by atoms with Crippen LogP contribution >= 0.6 is 0 Å². The molecule has 0 fully saturated rings. The molecule has 0 heterocycles. The van der Waals surface area contributed by atoms with Gasteiger partial charge in [-0.1, -0.05) is 24.6 Å². The third-order valence-corrected chi connectivity index (χ3v) is 3.87. The van der Waals surface area contributed by atoms with Crippen molar-refractivity contribution in [3.8, 4) is 0 Å². The second-order valence-electron chi connectivity index (χ2n) is 5.65. The van der Waals surface area contributed by atoms with Gasteiger partial charge in [0.1, 0.15) is 0 Å². The molecule has 0 aromatic heterocycles. The average molecular weight is 247 g/mol. The van der Waals surface area contributed by atoms with Crippen LogP contribution < -0.4 is 0 Å². The summed E-state index contributed by atoms with van der Waals surface area (Å²) in [6.45, 7) is 1.13. The van der Waals surface area contributed by atoms with Crippen LogP contribution in [0.25, 0.3) is 0 Å². The molecule has 0 saturated heterocycles. The van der Waals surface area contributed by atoms with Gasteiger partial charge < -0.3 is 10.0 Å². The fourth-order valence-corrected chi connectivity index (χ4v) is 2.89. The molecule has 0 amide bonds. The molecule has 0 saturated carbocycles. The average Bonchev–Trinajstić information content (AvgIpc) is 2.52. The van der Waals surface area contributed by atoms with Gasteiger partial charge >= 0.3 is 0 Å². The lowest BCUT2D eigenvalue weighted by Crippen LogP contribution is -2.14. The number of hydrogen-bond acceptors (Lipinski definition) is 2. The summed E-state index contributed by atoms with van der Waals surface area (Å²) in [5.74, 6) is 0. The smallest absolute Gasteiger partial charge is 0.0792 e. The van der Waals surface area contributed by atoms with E-state index in [2.05, 4.69) is 37.2 Å². The number of fused-ring (bicyclic) bond motifs is 1. The van der Waals surface area contributed by atoms with Gasteiger partial charge in [-0.15, -0.1) is 0 Å². The molecule has 0 radical (unpaired) electrons. The summed E-state index contributed by atoms with van der Waals surface area (Å²) in [6, 6.07) is 6.46. The van der Waals surface area contributed by atoms with E-state index in [4.69, 9.17) is 0 Å². The Kier molecular flexibility index (Phi) is 4.79. The Balaban J connectivity index is 2.13. The topological polar surface area (TPSA) is 23.5 Å². The Morgan fingerprint density at radius 1 is 1.28 bits per heavy atom. The van der Waals surface area contributed by atoms with Crippen LogP contribution in [0.1, 0.15) is 48.5 Å². The van der Waals surface area contributed by atoms with Crippen LogP contribution in [0.15, 0.2) is 18.2 Å². The van der Waals surface area contributed by atoms with Gasteiger partial charge in [-0.3, -0.25) is 0 Å². The minimum Gasteiger partial charge on any atom is -0.388 e. The normalized spacial score (nSPS) is 19.7. The Hall–Kier alpha value is -0.860. The lowest BCUT2D eigenvalue weighted by atomic mass is 9.93. The summed E-state index contributed by atoms with van der Waals surface area (Å²) in [6.07, 6.45) is 6.52. The first kappa shape index (κ1) is 13.6. The molecular weight excluding hydrogens is 222 g/mol. The van der Waals surface area contributed by atoms with Gasteiger partial charge in [-0.05, 0) is 69.4 Å². The van der Waals surface area contributed by atoms with Crippen molar-refractivity contribution in [2.75, 3.05) is 20.6 Å². The zero-order valence-corrected chi connectivity index (χ0v) is 11.7. The van der Waals surface area contributed by atoms with Crippen LogP contribution in [0.5, 0.6) is 0 Å². The highest BCUT2D eigenvalue weighted by molar-refractivity contribution is 5.37. The van der Waals surface area contributed by atoms with Crippen LogP contribution in [-0.4, -0.2) is 30.6 Å². The maximum atomic E-state index is 10.2. The first-order chi connectivity index (χ1) is 8.68. The van der Waals surface area contributed by atoms with E-state index in [0.29, 0.717) is 0 Å². The molecule has 1 unspecified atom stereocenters. The van der Waals surface area contributed by atoms with Crippen molar-refractivity contribution in [3.05, 3.63) is 34.9 Å². The molecule has 2 rings (SSSR count). The van der Waals surface area contributed by atoms with Gasteiger partial charge in [0.05, 0.1) is 6.10 Å². The summed E-state index contributed by atoms with van der Waals surface area (Å²) in [5, 5.41) is 10.2. The predicted octanol–water partition coefficient (Wildman–Crippen LogP) is 2.94. The molecule has 100 valence electrons. The van der Waals surface area contributed by atoms with E-state index in [1.54, 1.807) is 0 Å². The fourth-order valence-electron chi connectivity index (χ4n) is 2.89. The lowest BCUT2D eigenvalue weighted by molar-refractivity contribution is 0.166. The van der Waals surface area contributed by atoms with Gasteiger partial charge in [0, 0.05) is 0 Å². The van der Waals surface area contributed by atoms with Crippen molar-refractivity contribution in [2.24, 2.45) is 0 Å². The first-order valence-corrected chi connectivity index (χ1v) is 7.12. The van der Waals surface area contributed by atoms with Crippen LogP contribution in [0.3, 0.4) is 0 Å². The number of aliphatic hydroxyl groups excluding tert-OH is 1. The van der Waals surface area contributed by atoms with E-state index < -0.39 is 0 Å². The van der Waals surface area contributed by atoms with E-state index in [1.807, 2.05) is 0 Å². The van der Waals surface area contributed by atoms with Gasteiger partial charge in [-0.2, -0.15) is 0 Å². The molecule has 0 aliphatic heterocycles. The second-order valence-corrected chi connectivity index (χ2v) is 5.65. The van der Waals surface area contributed by atoms with Crippen LogP contribution in [-0.2, 0) is 12.8 Å². The molecule has 0 spiro atoms. The Labute approximate surface area is 111 Å². The monoisotopic (exact) mass is 247 g/mol. The summed E-state index contributed by atoms with van der Waals surface area (Å²) in [7, 11) is 4.24. The molecule has 1 atom stereocenters. The molecular formula is C16H25NO. The molecule has 2 heteroatoms. The van der Waals surface area contributed by atoms with E-state index >= 15 is 0 Å². The minimum absolute atomic E-state index is 0.240. The molecule has 2 nitrogen and oxygen atoms in total. The predicted molar refractivity (Wildman–Crippen MR) is 75.8 cm³/mol. The molecule has 18 heavy (non-hydrogen) atoms. The quantitative estimate of drug-likeness (QED) is 0.827. The molecule has 1 aromatic rings. The fraction of sp³-hybridized carbons (Fsp3) is 0.625.